The summed E-state index contributed by atoms with van der Waals surface area (Å²) >= 11 is 0. The van der Waals surface area contributed by atoms with Crippen molar-refractivity contribution in [2.75, 3.05) is 10.6 Å². The average molecular weight is 406 g/mol. The number of aromatic nitrogens is 2. The molecule has 0 saturated carbocycles. The third-order valence-electron chi connectivity index (χ3n) is 4.72. The predicted molar refractivity (Wildman–Crippen MR) is 106 cm³/mol. The number of hydrogen-bond donors (Lipinski definition) is 3. The number of nitro groups is 1. The summed E-state index contributed by atoms with van der Waals surface area (Å²) in [6, 6.07) is 2.73. The molecular formula is C19H24F2N6O2. The Morgan fingerprint density at radius 1 is 1.14 bits per heavy atom. The molecule has 1 fully saturated rings. The molecule has 3 rings (SSSR count). The second-order valence-electron chi connectivity index (χ2n) is 8.57. The first kappa shape index (κ1) is 20.8. The molecule has 2 aromatic rings. The van der Waals surface area contributed by atoms with Crippen molar-refractivity contribution in [1.29, 1.82) is 0 Å². The van der Waals surface area contributed by atoms with Gasteiger partial charge >= 0.3 is 5.69 Å². The van der Waals surface area contributed by atoms with Crippen LogP contribution in [0.25, 0.3) is 0 Å². The number of piperidine rings is 1. The van der Waals surface area contributed by atoms with Crippen molar-refractivity contribution in [2.45, 2.75) is 57.7 Å². The molecule has 0 aliphatic carbocycles. The van der Waals surface area contributed by atoms with E-state index >= 15 is 0 Å². The Kier molecular flexibility index (Phi) is 5.40. The highest BCUT2D eigenvalue weighted by atomic mass is 19.1. The Morgan fingerprint density at radius 3 is 2.38 bits per heavy atom. The second kappa shape index (κ2) is 7.51. The summed E-state index contributed by atoms with van der Waals surface area (Å²) < 4.78 is 27.4. The number of halogens is 2. The van der Waals surface area contributed by atoms with Crippen LogP contribution in [0.4, 0.5) is 31.8 Å². The van der Waals surface area contributed by atoms with Crippen molar-refractivity contribution in [3.05, 3.63) is 46.3 Å². The first-order valence-corrected chi connectivity index (χ1v) is 9.23. The van der Waals surface area contributed by atoms with E-state index in [1.807, 2.05) is 0 Å². The molecule has 3 N–H and O–H groups in total. The van der Waals surface area contributed by atoms with Crippen LogP contribution in [0.3, 0.4) is 0 Å². The van der Waals surface area contributed by atoms with Gasteiger partial charge < -0.3 is 16.0 Å². The Hall–Kier alpha value is -2.88. The number of nitrogens with zero attached hydrogens (tertiary/aromatic N) is 3. The van der Waals surface area contributed by atoms with Crippen LogP contribution in [-0.2, 0) is 0 Å². The van der Waals surface area contributed by atoms with Crippen molar-refractivity contribution < 1.29 is 13.7 Å². The molecule has 1 aromatic carbocycles. The summed E-state index contributed by atoms with van der Waals surface area (Å²) in [4.78, 5) is 19.0. The number of rotatable bonds is 5. The topological polar surface area (TPSA) is 105 Å². The van der Waals surface area contributed by atoms with Gasteiger partial charge in [-0.2, -0.15) is 0 Å². The van der Waals surface area contributed by atoms with Gasteiger partial charge in [0.25, 0.3) is 0 Å². The Balaban J connectivity index is 1.93. The highest BCUT2D eigenvalue weighted by Gasteiger charge is 2.38. The van der Waals surface area contributed by atoms with E-state index in [0.29, 0.717) is 0 Å². The standard InChI is InChI=1S/C19H24F2N6O2/c1-18(2)8-12(9-19(3,4)26-18)24-16-15(27(28)29)17(23-10-22-16)25-14-7-11(20)5-6-13(14)21/h5-7,10,12,26H,8-9H2,1-4H3,(H2,22,23,24,25). The smallest absolute Gasteiger partial charge is 0.353 e. The fraction of sp³-hybridized carbons (Fsp3) is 0.474. The van der Waals surface area contributed by atoms with Crippen LogP contribution in [-0.4, -0.2) is 32.0 Å². The zero-order chi connectivity index (χ0) is 21.4. The van der Waals surface area contributed by atoms with E-state index in [1.54, 1.807) is 0 Å². The molecule has 1 saturated heterocycles. The van der Waals surface area contributed by atoms with Crippen molar-refractivity contribution in [1.82, 2.24) is 15.3 Å². The van der Waals surface area contributed by atoms with Crippen molar-refractivity contribution >= 4 is 23.0 Å². The van der Waals surface area contributed by atoms with E-state index in [9.17, 15) is 18.9 Å². The van der Waals surface area contributed by atoms with Gasteiger partial charge in [0.05, 0.1) is 10.6 Å². The van der Waals surface area contributed by atoms with Crippen LogP contribution >= 0.6 is 0 Å². The Labute approximate surface area is 167 Å². The Morgan fingerprint density at radius 2 is 1.76 bits per heavy atom. The van der Waals surface area contributed by atoms with E-state index in [-0.39, 0.29) is 34.4 Å². The Bertz CT molecular complexity index is 919. The molecule has 0 bridgehead atoms. The lowest BCUT2D eigenvalue weighted by Crippen LogP contribution is -2.60. The van der Waals surface area contributed by atoms with Crippen LogP contribution in [0.2, 0.25) is 0 Å². The zero-order valence-electron chi connectivity index (χ0n) is 16.7. The summed E-state index contributed by atoms with van der Waals surface area (Å²) in [5, 5.41) is 21.0. The fourth-order valence-corrected chi connectivity index (χ4v) is 4.09. The maximum absolute atomic E-state index is 14.0. The highest BCUT2D eigenvalue weighted by Crippen LogP contribution is 2.35. The number of nitrogens with one attached hydrogen (secondary N) is 3. The van der Waals surface area contributed by atoms with Crippen molar-refractivity contribution in [3.8, 4) is 0 Å². The van der Waals surface area contributed by atoms with Gasteiger partial charge in [-0.05, 0) is 52.7 Å². The molecule has 2 heterocycles. The molecule has 0 radical (unpaired) electrons. The minimum atomic E-state index is -0.754. The largest absolute Gasteiger partial charge is 0.361 e. The average Bonchev–Trinajstić information content (AvgIpc) is 2.55. The molecule has 156 valence electrons. The molecule has 1 aromatic heterocycles. The minimum Gasteiger partial charge on any atom is -0.361 e. The maximum Gasteiger partial charge on any atom is 0.353 e. The minimum absolute atomic E-state index is 0.0304. The van der Waals surface area contributed by atoms with Gasteiger partial charge in [-0.1, -0.05) is 0 Å². The maximum atomic E-state index is 14.0. The molecule has 1 aliphatic rings. The lowest BCUT2D eigenvalue weighted by Gasteiger charge is -2.46. The van der Waals surface area contributed by atoms with Crippen molar-refractivity contribution in [3.63, 3.8) is 0 Å². The molecule has 0 amide bonds. The molecule has 1 aliphatic heterocycles. The summed E-state index contributed by atoms with van der Waals surface area (Å²) in [6.07, 6.45) is 2.59. The summed E-state index contributed by atoms with van der Waals surface area (Å²) in [7, 11) is 0. The monoisotopic (exact) mass is 406 g/mol. The van der Waals surface area contributed by atoms with Gasteiger partial charge in [0.1, 0.15) is 18.0 Å². The fourth-order valence-electron chi connectivity index (χ4n) is 4.09. The number of anilines is 3. The van der Waals surface area contributed by atoms with Crippen LogP contribution in [0.5, 0.6) is 0 Å². The SMILES string of the molecule is CC1(C)CC(Nc2ncnc(Nc3cc(F)ccc3F)c2[N+](=O)[O-])CC(C)(C)N1. The first-order chi connectivity index (χ1) is 13.5. The molecule has 0 spiro atoms. The van der Waals surface area contributed by atoms with Crippen LogP contribution in [0, 0.1) is 21.7 Å². The molecular weight excluding hydrogens is 382 g/mol. The second-order valence-corrected chi connectivity index (χ2v) is 8.57. The van der Waals surface area contributed by atoms with Crippen LogP contribution in [0.1, 0.15) is 40.5 Å². The van der Waals surface area contributed by atoms with Gasteiger partial charge in [0, 0.05) is 23.2 Å². The van der Waals surface area contributed by atoms with E-state index in [2.05, 4.69) is 53.6 Å². The first-order valence-electron chi connectivity index (χ1n) is 9.23. The van der Waals surface area contributed by atoms with Gasteiger partial charge in [-0.15, -0.1) is 0 Å². The molecule has 0 atom stereocenters. The summed E-state index contributed by atoms with van der Waals surface area (Å²) in [5.74, 6) is -1.62. The zero-order valence-corrected chi connectivity index (χ0v) is 16.7. The van der Waals surface area contributed by atoms with Gasteiger partial charge in [0.2, 0.25) is 11.6 Å². The number of benzene rings is 1. The lowest BCUT2D eigenvalue weighted by molar-refractivity contribution is -0.383. The number of hydrogen-bond acceptors (Lipinski definition) is 7. The predicted octanol–water partition coefficient (Wildman–Crippen LogP) is 4.13. The van der Waals surface area contributed by atoms with Gasteiger partial charge in [-0.3, -0.25) is 10.1 Å². The van der Waals surface area contributed by atoms with E-state index in [1.165, 1.54) is 0 Å². The summed E-state index contributed by atoms with van der Waals surface area (Å²) in [6.45, 7) is 8.26. The van der Waals surface area contributed by atoms with E-state index in [0.717, 1.165) is 37.4 Å². The normalized spacial score (nSPS) is 18.3. The van der Waals surface area contributed by atoms with E-state index in [4.69, 9.17) is 0 Å². The van der Waals surface area contributed by atoms with Crippen LogP contribution < -0.4 is 16.0 Å². The quantitative estimate of drug-likeness (QED) is 0.506. The van der Waals surface area contributed by atoms with Crippen LogP contribution in [0.15, 0.2) is 24.5 Å². The summed E-state index contributed by atoms with van der Waals surface area (Å²) in [5.41, 5.74) is -1.02. The van der Waals surface area contributed by atoms with Gasteiger partial charge in [0.15, 0.2) is 0 Å². The lowest BCUT2D eigenvalue weighted by atomic mass is 9.79. The van der Waals surface area contributed by atoms with Crippen molar-refractivity contribution in [2.24, 2.45) is 0 Å². The highest BCUT2D eigenvalue weighted by molar-refractivity contribution is 5.74. The molecule has 0 unspecified atom stereocenters. The third-order valence-corrected chi connectivity index (χ3v) is 4.72. The van der Waals surface area contributed by atoms with E-state index < -0.39 is 22.2 Å². The molecule has 8 nitrogen and oxygen atoms in total. The molecule has 29 heavy (non-hydrogen) atoms. The third kappa shape index (κ3) is 4.94. The molecule has 10 heteroatoms. The van der Waals surface area contributed by atoms with Gasteiger partial charge in [-0.25, -0.2) is 18.7 Å².